The molecule has 0 spiro atoms. The van der Waals surface area contributed by atoms with Gasteiger partial charge in [0.05, 0.1) is 11.0 Å². The molecule has 1 heterocycles. The van der Waals surface area contributed by atoms with Crippen LogP contribution in [0.5, 0.6) is 0 Å². The van der Waals surface area contributed by atoms with E-state index in [9.17, 15) is 12.8 Å². The van der Waals surface area contributed by atoms with Gasteiger partial charge in [-0.1, -0.05) is 0 Å². The molecule has 7 heteroatoms. The molecule has 0 amide bonds. The standard InChI is InChI=1S/C18H21FN2O3S/c1-24-17-10-12-21(13-11-17)16-6-4-15(5-7-16)20-25(22,23)18-8-2-14(19)3-9-18/h2-9,17,20H,10-13H2,1H3. The van der Waals surface area contributed by atoms with E-state index in [2.05, 4.69) is 9.62 Å². The number of anilines is 2. The van der Waals surface area contributed by atoms with Crippen molar-refractivity contribution in [2.75, 3.05) is 29.8 Å². The van der Waals surface area contributed by atoms with Crippen molar-refractivity contribution in [1.29, 1.82) is 0 Å². The highest BCUT2D eigenvalue weighted by Gasteiger charge is 2.19. The zero-order chi connectivity index (χ0) is 17.9. The summed E-state index contributed by atoms with van der Waals surface area (Å²) in [7, 11) is -1.99. The lowest BCUT2D eigenvalue weighted by Gasteiger charge is -2.33. The fourth-order valence-corrected chi connectivity index (χ4v) is 3.98. The van der Waals surface area contributed by atoms with Crippen LogP contribution in [-0.4, -0.2) is 34.7 Å². The largest absolute Gasteiger partial charge is 0.381 e. The first-order valence-electron chi connectivity index (χ1n) is 8.14. The van der Waals surface area contributed by atoms with Gasteiger partial charge in [-0.2, -0.15) is 0 Å². The van der Waals surface area contributed by atoms with Crippen molar-refractivity contribution in [1.82, 2.24) is 0 Å². The molecular weight excluding hydrogens is 343 g/mol. The van der Waals surface area contributed by atoms with E-state index in [4.69, 9.17) is 4.74 Å². The topological polar surface area (TPSA) is 58.6 Å². The second-order valence-corrected chi connectivity index (χ2v) is 7.71. The molecule has 1 N–H and O–H groups in total. The molecule has 3 rings (SSSR count). The molecule has 0 saturated carbocycles. The maximum absolute atomic E-state index is 12.9. The van der Waals surface area contributed by atoms with E-state index in [0.717, 1.165) is 43.8 Å². The van der Waals surface area contributed by atoms with Crippen molar-refractivity contribution in [3.63, 3.8) is 0 Å². The molecule has 1 saturated heterocycles. The number of piperidine rings is 1. The average molecular weight is 364 g/mol. The molecular formula is C18H21FN2O3S. The van der Waals surface area contributed by atoms with Gasteiger partial charge in [0, 0.05) is 31.6 Å². The lowest BCUT2D eigenvalue weighted by molar-refractivity contribution is 0.0819. The van der Waals surface area contributed by atoms with Gasteiger partial charge in [0.25, 0.3) is 10.0 Å². The van der Waals surface area contributed by atoms with E-state index in [-0.39, 0.29) is 4.90 Å². The highest BCUT2D eigenvalue weighted by atomic mass is 32.2. The first-order chi connectivity index (χ1) is 12.0. The minimum atomic E-state index is -3.73. The van der Waals surface area contributed by atoms with Crippen LogP contribution in [0.25, 0.3) is 0 Å². The summed E-state index contributed by atoms with van der Waals surface area (Å²) >= 11 is 0. The minimum Gasteiger partial charge on any atom is -0.381 e. The number of nitrogens with one attached hydrogen (secondary N) is 1. The summed E-state index contributed by atoms with van der Waals surface area (Å²) in [5, 5.41) is 0. The smallest absolute Gasteiger partial charge is 0.261 e. The van der Waals surface area contributed by atoms with Crippen LogP contribution >= 0.6 is 0 Å². The van der Waals surface area contributed by atoms with E-state index in [1.165, 1.54) is 12.1 Å². The summed E-state index contributed by atoms with van der Waals surface area (Å²) in [5.74, 6) is -0.472. The fourth-order valence-electron chi connectivity index (χ4n) is 2.92. The summed E-state index contributed by atoms with van der Waals surface area (Å²) in [5.41, 5.74) is 1.53. The first-order valence-corrected chi connectivity index (χ1v) is 9.62. The monoisotopic (exact) mass is 364 g/mol. The predicted molar refractivity (Wildman–Crippen MR) is 95.9 cm³/mol. The highest BCUT2D eigenvalue weighted by Crippen LogP contribution is 2.24. The molecule has 0 radical (unpaired) electrons. The Morgan fingerprint density at radius 1 is 1.04 bits per heavy atom. The molecule has 2 aromatic rings. The summed E-state index contributed by atoms with van der Waals surface area (Å²) in [6, 6.07) is 12.0. The maximum atomic E-state index is 12.9. The van der Waals surface area contributed by atoms with Gasteiger partial charge >= 0.3 is 0 Å². The van der Waals surface area contributed by atoms with Crippen LogP contribution < -0.4 is 9.62 Å². The molecule has 2 aromatic carbocycles. The van der Waals surface area contributed by atoms with Crippen molar-refractivity contribution in [2.45, 2.75) is 23.8 Å². The van der Waals surface area contributed by atoms with Crippen LogP contribution in [0.1, 0.15) is 12.8 Å². The van der Waals surface area contributed by atoms with Crippen molar-refractivity contribution in [3.8, 4) is 0 Å². The number of nitrogens with zero attached hydrogens (tertiary/aromatic N) is 1. The van der Waals surface area contributed by atoms with E-state index in [1.54, 1.807) is 19.2 Å². The molecule has 0 unspecified atom stereocenters. The lowest BCUT2D eigenvalue weighted by atomic mass is 10.1. The second kappa shape index (κ2) is 7.41. The number of hydrogen-bond donors (Lipinski definition) is 1. The normalized spacial score (nSPS) is 16.0. The van der Waals surface area contributed by atoms with Gasteiger partial charge < -0.3 is 9.64 Å². The third-order valence-electron chi connectivity index (χ3n) is 4.38. The van der Waals surface area contributed by atoms with Gasteiger partial charge in [0.15, 0.2) is 0 Å². The Balaban J connectivity index is 1.67. The lowest BCUT2D eigenvalue weighted by Crippen LogP contribution is -2.36. The van der Waals surface area contributed by atoms with Gasteiger partial charge in [-0.25, -0.2) is 12.8 Å². The van der Waals surface area contributed by atoms with E-state index < -0.39 is 15.8 Å². The van der Waals surface area contributed by atoms with E-state index >= 15 is 0 Å². The summed E-state index contributed by atoms with van der Waals surface area (Å²) in [6.45, 7) is 1.83. The third-order valence-corrected chi connectivity index (χ3v) is 5.78. The molecule has 134 valence electrons. The number of ether oxygens (including phenoxy) is 1. The molecule has 0 atom stereocenters. The molecule has 0 aliphatic carbocycles. The van der Waals surface area contributed by atoms with Gasteiger partial charge in [-0.15, -0.1) is 0 Å². The minimum absolute atomic E-state index is 0.0274. The zero-order valence-electron chi connectivity index (χ0n) is 14.0. The molecule has 5 nitrogen and oxygen atoms in total. The second-order valence-electron chi connectivity index (χ2n) is 6.03. The van der Waals surface area contributed by atoms with E-state index in [1.807, 2.05) is 12.1 Å². The van der Waals surface area contributed by atoms with Crippen molar-refractivity contribution in [2.24, 2.45) is 0 Å². The SMILES string of the molecule is COC1CCN(c2ccc(NS(=O)(=O)c3ccc(F)cc3)cc2)CC1. The number of halogens is 1. The van der Waals surface area contributed by atoms with Crippen molar-refractivity contribution >= 4 is 21.4 Å². The predicted octanol–water partition coefficient (Wildman–Crippen LogP) is 3.24. The fraction of sp³-hybridized carbons (Fsp3) is 0.333. The number of hydrogen-bond acceptors (Lipinski definition) is 4. The molecule has 1 aliphatic heterocycles. The van der Waals surface area contributed by atoms with Crippen LogP contribution in [0.15, 0.2) is 53.4 Å². The van der Waals surface area contributed by atoms with Crippen LogP contribution in [0.4, 0.5) is 15.8 Å². The highest BCUT2D eigenvalue weighted by molar-refractivity contribution is 7.92. The maximum Gasteiger partial charge on any atom is 0.261 e. The van der Waals surface area contributed by atoms with Crippen molar-refractivity contribution in [3.05, 3.63) is 54.3 Å². The Labute approximate surface area is 147 Å². The van der Waals surface area contributed by atoms with Crippen LogP contribution in [0.2, 0.25) is 0 Å². The third kappa shape index (κ3) is 4.29. The number of sulfonamides is 1. The van der Waals surface area contributed by atoms with Crippen LogP contribution in [0, 0.1) is 5.82 Å². The Morgan fingerprint density at radius 3 is 2.20 bits per heavy atom. The molecule has 1 aliphatic rings. The summed E-state index contributed by atoms with van der Waals surface area (Å²) < 4.78 is 45.4. The Kier molecular flexibility index (Phi) is 5.24. The average Bonchev–Trinajstić information content (AvgIpc) is 2.62. The Morgan fingerprint density at radius 2 is 1.64 bits per heavy atom. The van der Waals surface area contributed by atoms with E-state index in [0.29, 0.717) is 11.8 Å². The number of benzene rings is 2. The Bertz CT molecular complexity index is 799. The summed E-state index contributed by atoms with van der Waals surface area (Å²) in [4.78, 5) is 2.29. The van der Waals surface area contributed by atoms with Gasteiger partial charge in [-0.05, 0) is 61.4 Å². The van der Waals surface area contributed by atoms with Gasteiger partial charge in [0.1, 0.15) is 5.82 Å². The number of methoxy groups -OCH3 is 1. The molecule has 0 aromatic heterocycles. The van der Waals surface area contributed by atoms with Crippen molar-refractivity contribution < 1.29 is 17.5 Å². The van der Waals surface area contributed by atoms with Gasteiger partial charge in [-0.3, -0.25) is 4.72 Å². The number of rotatable bonds is 5. The van der Waals surface area contributed by atoms with Crippen LogP contribution in [-0.2, 0) is 14.8 Å². The summed E-state index contributed by atoms with van der Waals surface area (Å²) in [6.07, 6.45) is 2.28. The van der Waals surface area contributed by atoms with Crippen LogP contribution in [0.3, 0.4) is 0 Å². The zero-order valence-corrected chi connectivity index (χ0v) is 14.8. The van der Waals surface area contributed by atoms with Gasteiger partial charge in [0.2, 0.25) is 0 Å². The first kappa shape index (κ1) is 17.7. The Hall–Kier alpha value is -2.12. The molecule has 1 fully saturated rings. The quantitative estimate of drug-likeness (QED) is 0.885. The molecule has 25 heavy (non-hydrogen) atoms. The molecule has 0 bridgehead atoms.